The monoisotopic (exact) mass is 332 g/mol. The molecule has 1 aliphatic rings. The van der Waals surface area contributed by atoms with E-state index in [1.54, 1.807) is 10.9 Å². The molecule has 0 aliphatic carbocycles. The van der Waals surface area contributed by atoms with E-state index in [2.05, 4.69) is 15.4 Å². The Kier molecular flexibility index (Phi) is 4.57. The summed E-state index contributed by atoms with van der Waals surface area (Å²) in [5.74, 6) is 1.53. The average molecular weight is 332 g/mol. The van der Waals surface area contributed by atoms with Crippen LogP contribution >= 0.6 is 0 Å². The molecule has 0 spiro atoms. The fraction of sp³-hybridized carbons (Fsp3) is 0.562. The number of carbonyl (C=O) groups is 1. The van der Waals surface area contributed by atoms with Crippen molar-refractivity contribution >= 4 is 5.91 Å². The highest BCUT2D eigenvalue weighted by Crippen LogP contribution is 2.23. The lowest BCUT2D eigenvalue weighted by atomic mass is 10.1. The van der Waals surface area contributed by atoms with Gasteiger partial charge in [0.15, 0.2) is 12.4 Å². The molecule has 130 valence electrons. The van der Waals surface area contributed by atoms with E-state index in [4.69, 9.17) is 4.74 Å². The van der Waals surface area contributed by atoms with Crippen LogP contribution in [-0.2, 0) is 18.9 Å². The third-order valence-electron chi connectivity index (χ3n) is 4.50. The minimum Gasteiger partial charge on any atom is -0.480 e. The summed E-state index contributed by atoms with van der Waals surface area (Å²) < 4.78 is 9.49. The van der Waals surface area contributed by atoms with Gasteiger partial charge in [-0.25, -0.2) is 4.98 Å². The molecule has 24 heavy (non-hydrogen) atoms. The van der Waals surface area contributed by atoms with Gasteiger partial charge in [0, 0.05) is 46.1 Å². The Bertz CT molecular complexity index is 735. The number of hydrogen-bond acceptors (Lipinski definition) is 5. The van der Waals surface area contributed by atoms with Crippen molar-refractivity contribution in [1.29, 1.82) is 0 Å². The summed E-state index contributed by atoms with van der Waals surface area (Å²) in [6, 6.07) is -0.0778. The Hall–Kier alpha value is -2.35. The van der Waals surface area contributed by atoms with Gasteiger partial charge in [-0.3, -0.25) is 9.48 Å². The summed E-state index contributed by atoms with van der Waals surface area (Å²) in [4.78, 5) is 19.0. The molecule has 1 amide bonds. The van der Waals surface area contributed by atoms with Gasteiger partial charge in [0.25, 0.3) is 5.91 Å². The van der Waals surface area contributed by atoms with Crippen molar-refractivity contribution in [3.63, 3.8) is 0 Å². The van der Waals surface area contributed by atoms with Gasteiger partial charge in [-0.15, -0.1) is 0 Å². The number of nitrogens with zero attached hydrogens (tertiary/aromatic N) is 5. The maximum atomic E-state index is 12.7. The van der Waals surface area contributed by atoms with Gasteiger partial charge >= 0.3 is 0 Å². The van der Waals surface area contributed by atoms with Crippen LogP contribution in [0.3, 0.4) is 0 Å². The van der Waals surface area contributed by atoms with E-state index in [1.807, 2.05) is 43.6 Å². The normalized spacial score (nSPS) is 18.0. The van der Waals surface area contributed by atoms with E-state index >= 15 is 0 Å². The number of rotatable bonds is 4. The molecule has 1 saturated heterocycles. The molecule has 1 atom stereocenters. The van der Waals surface area contributed by atoms with E-state index in [-0.39, 0.29) is 18.6 Å². The quantitative estimate of drug-likeness (QED) is 0.873. The minimum absolute atomic E-state index is 0.00823. The third kappa shape index (κ3) is 3.01. The van der Waals surface area contributed by atoms with E-state index in [0.29, 0.717) is 18.8 Å². The molecular formula is C16H24N6O2. The first-order valence-corrected chi connectivity index (χ1v) is 8.09. The van der Waals surface area contributed by atoms with Crippen LogP contribution in [0, 0.1) is 13.8 Å². The van der Waals surface area contributed by atoms with Gasteiger partial charge in [-0.1, -0.05) is 0 Å². The van der Waals surface area contributed by atoms with E-state index in [1.165, 1.54) is 0 Å². The molecule has 0 aromatic carbocycles. The molecule has 3 rings (SSSR count). The molecule has 0 saturated carbocycles. The number of carbonyl (C=O) groups excluding carboxylic acids is 1. The second-order valence-electron chi connectivity index (χ2n) is 6.12. The van der Waals surface area contributed by atoms with Crippen LogP contribution < -0.4 is 10.1 Å². The molecule has 1 aliphatic heterocycles. The van der Waals surface area contributed by atoms with Crippen molar-refractivity contribution in [1.82, 2.24) is 29.5 Å². The Labute approximate surface area is 141 Å². The van der Waals surface area contributed by atoms with Crippen molar-refractivity contribution in [2.75, 3.05) is 26.2 Å². The number of aryl methyl sites for hydroxylation is 3. The predicted molar refractivity (Wildman–Crippen MR) is 88.7 cm³/mol. The maximum absolute atomic E-state index is 12.7. The zero-order chi connectivity index (χ0) is 17.3. The SMILES string of the molecule is Cc1nn(C)c(C)c1OCC(=O)N1CCNCC1c1nccn1C. The van der Waals surface area contributed by atoms with Gasteiger partial charge in [0.1, 0.15) is 17.6 Å². The molecule has 2 aromatic rings. The number of hydrogen-bond donors (Lipinski definition) is 1. The zero-order valence-corrected chi connectivity index (χ0v) is 14.6. The van der Waals surface area contributed by atoms with E-state index in [9.17, 15) is 4.79 Å². The lowest BCUT2D eigenvalue weighted by Gasteiger charge is -2.35. The highest BCUT2D eigenvalue weighted by atomic mass is 16.5. The fourth-order valence-electron chi connectivity index (χ4n) is 3.11. The summed E-state index contributed by atoms with van der Waals surface area (Å²) in [6.07, 6.45) is 3.65. The number of aromatic nitrogens is 4. The van der Waals surface area contributed by atoms with Crippen molar-refractivity contribution in [2.45, 2.75) is 19.9 Å². The van der Waals surface area contributed by atoms with Crippen LogP contribution in [-0.4, -0.2) is 56.4 Å². The first-order valence-electron chi connectivity index (χ1n) is 8.09. The summed E-state index contributed by atoms with van der Waals surface area (Å²) in [7, 11) is 3.81. The van der Waals surface area contributed by atoms with Gasteiger partial charge in [0.05, 0.1) is 5.69 Å². The molecule has 3 heterocycles. The lowest BCUT2D eigenvalue weighted by Crippen LogP contribution is -2.50. The van der Waals surface area contributed by atoms with Crippen molar-refractivity contribution in [3.05, 3.63) is 29.6 Å². The Morgan fingerprint density at radius 2 is 2.21 bits per heavy atom. The molecule has 1 unspecified atom stereocenters. The predicted octanol–water partition coefficient (Wildman–Crippen LogP) is 0.322. The van der Waals surface area contributed by atoms with Crippen LogP contribution in [0.5, 0.6) is 5.75 Å². The summed E-state index contributed by atoms with van der Waals surface area (Å²) in [6.45, 7) is 5.94. The van der Waals surface area contributed by atoms with Crippen LogP contribution in [0.15, 0.2) is 12.4 Å². The fourth-order valence-corrected chi connectivity index (χ4v) is 3.11. The van der Waals surface area contributed by atoms with Crippen molar-refractivity contribution < 1.29 is 9.53 Å². The molecule has 1 fully saturated rings. The Morgan fingerprint density at radius 3 is 2.83 bits per heavy atom. The van der Waals surface area contributed by atoms with Crippen LogP contribution in [0.1, 0.15) is 23.3 Å². The summed E-state index contributed by atoms with van der Waals surface area (Å²) in [5.41, 5.74) is 1.71. The van der Waals surface area contributed by atoms with Crippen LogP contribution in [0.4, 0.5) is 0 Å². The zero-order valence-electron chi connectivity index (χ0n) is 14.6. The van der Waals surface area contributed by atoms with Crippen molar-refractivity contribution in [3.8, 4) is 5.75 Å². The Balaban J connectivity index is 1.72. The van der Waals surface area contributed by atoms with Gasteiger partial charge in [-0.05, 0) is 13.8 Å². The summed E-state index contributed by atoms with van der Waals surface area (Å²) >= 11 is 0. The topological polar surface area (TPSA) is 77.2 Å². The standard InChI is InChI=1S/C16H24N6O2/c1-11-15(12(2)21(4)19-11)24-10-14(23)22-8-5-17-9-13(22)16-18-6-7-20(16)3/h6-7,13,17H,5,8-10H2,1-4H3. The smallest absolute Gasteiger partial charge is 0.261 e. The van der Waals surface area contributed by atoms with Gasteiger partial charge in [0.2, 0.25) is 0 Å². The first-order chi connectivity index (χ1) is 11.5. The highest BCUT2D eigenvalue weighted by molar-refractivity contribution is 5.78. The number of amides is 1. The van der Waals surface area contributed by atoms with Gasteiger partial charge < -0.3 is 19.5 Å². The second kappa shape index (κ2) is 6.64. The molecule has 1 N–H and O–H groups in total. The molecule has 8 heteroatoms. The first kappa shape index (κ1) is 16.5. The molecule has 0 radical (unpaired) electrons. The van der Waals surface area contributed by atoms with Crippen LogP contribution in [0.2, 0.25) is 0 Å². The third-order valence-corrected chi connectivity index (χ3v) is 4.50. The molecule has 2 aromatic heterocycles. The number of nitrogens with one attached hydrogen (secondary N) is 1. The highest BCUT2D eigenvalue weighted by Gasteiger charge is 2.30. The largest absolute Gasteiger partial charge is 0.480 e. The number of ether oxygens (including phenoxy) is 1. The Morgan fingerprint density at radius 1 is 1.42 bits per heavy atom. The number of piperazine rings is 1. The lowest BCUT2D eigenvalue weighted by molar-refractivity contribution is -0.137. The van der Waals surface area contributed by atoms with Gasteiger partial charge in [-0.2, -0.15) is 5.10 Å². The molecule has 8 nitrogen and oxygen atoms in total. The van der Waals surface area contributed by atoms with E-state index < -0.39 is 0 Å². The number of imidazole rings is 1. The maximum Gasteiger partial charge on any atom is 0.261 e. The van der Waals surface area contributed by atoms with Crippen molar-refractivity contribution in [2.24, 2.45) is 14.1 Å². The average Bonchev–Trinajstić information content (AvgIpc) is 3.09. The molecule has 0 bridgehead atoms. The van der Waals surface area contributed by atoms with Crippen LogP contribution in [0.25, 0.3) is 0 Å². The molecular weight excluding hydrogens is 308 g/mol. The summed E-state index contributed by atoms with van der Waals surface area (Å²) in [5, 5.41) is 7.64. The van der Waals surface area contributed by atoms with E-state index in [0.717, 1.165) is 23.8 Å². The minimum atomic E-state index is -0.0778. The second-order valence-corrected chi connectivity index (χ2v) is 6.12.